The van der Waals surface area contributed by atoms with E-state index in [4.69, 9.17) is 11.6 Å². The van der Waals surface area contributed by atoms with E-state index in [1.807, 2.05) is 0 Å². The Bertz CT molecular complexity index is 1340. The lowest BCUT2D eigenvalue weighted by Gasteiger charge is -2.14. The Labute approximate surface area is 200 Å². The number of benzene rings is 2. The zero-order valence-electron chi connectivity index (χ0n) is 18.3. The third kappa shape index (κ3) is 6.29. The Kier molecular flexibility index (Phi) is 7.52. The molecular formula is C21H21ClF2N6O3S. The smallest absolute Gasteiger partial charge is 0.254 e. The normalized spacial score (nSPS) is 11.3. The molecule has 3 rings (SSSR count). The van der Waals surface area contributed by atoms with Gasteiger partial charge in [0.15, 0.2) is 17.5 Å². The van der Waals surface area contributed by atoms with E-state index in [1.54, 1.807) is 32.0 Å². The largest absolute Gasteiger partial charge is 0.350 e. The Hall–Kier alpha value is -3.51. The van der Waals surface area contributed by atoms with Crippen molar-refractivity contribution < 1.29 is 22.0 Å². The molecule has 1 amide bonds. The summed E-state index contributed by atoms with van der Waals surface area (Å²) in [5.74, 6) is -3.40. The first-order chi connectivity index (χ1) is 15.9. The van der Waals surface area contributed by atoms with Crippen LogP contribution in [-0.4, -0.2) is 36.6 Å². The van der Waals surface area contributed by atoms with Crippen LogP contribution >= 0.6 is 11.6 Å². The second-order valence-corrected chi connectivity index (χ2v) is 9.63. The van der Waals surface area contributed by atoms with Crippen LogP contribution in [0.3, 0.4) is 0 Å². The molecule has 13 heteroatoms. The van der Waals surface area contributed by atoms with Crippen molar-refractivity contribution in [3.63, 3.8) is 0 Å². The third-order valence-electron chi connectivity index (χ3n) is 4.21. The average molecular weight is 511 g/mol. The lowest BCUT2D eigenvalue weighted by Crippen LogP contribution is -2.31. The SMILES string of the molecule is CC(C)NC(=O)c1ccc(Nc2ncc(Cl)c(Nc3ccccc3NS(C)(=O)=O)n2)c(F)c1F. The molecular weight excluding hydrogens is 490 g/mol. The summed E-state index contributed by atoms with van der Waals surface area (Å²) in [4.78, 5) is 20.1. The molecule has 0 atom stereocenters. The van der Waals surface area contributed by atoms with Crippen molar-refractivity contribution in [3.05, 3.63) is 64.8 Å². The zero-order valence-corrected chi connectivity index (χ0v) is 19.9. The summed E-state index contributed by atoms with van der Waals surface area (Å²) in [6.07, 6.45) is 2.24. The summed E-state index contributed by atoms with van der Waals surface area (Å²) in [7, 11) is -3.55. The van der Waals surface area contributed by atoms with E-state index in [9.17, 15) is 22.0 Å². The summed E-state index contributed by atoms with van der Waals surface area (Å²) in [6, 6.07) is 8.50. The third-order valence-corrected chi connectivity index (χ3v) is 5.08. The Morgan fingerprint density at radius 2 is 1.68 bits per heavy atom. The number of hydrogen-bond acceptors (Lipinski definition) is 7. The fourth-order valence-corrected chi connectivity index (χ4v) is 3.52. The van der Waals surface area contributed by atoms with Gasteiger partial charge in [0.05, 0.1) is 35.1 Å². The van der Waals surface area contributed by atoms with Crippen LogP contribution in [-0.2, 0) is 10.0 Å². The van der Waals surface area contributed by atoms with Crippen LogP contribution in [0.15, 0.2) is 42.6 Å². The topological polar surface area (TPSA) is 125 Å². The first-order valence-electron chi connectivity index (χ1n) is 9.87. The highest BCUT2D eigenvalue weighted by Gasteiger charge is 2.20. The molecule has 1 heterocycles. The lowest BCUT2D eigenvalue weighted by atomic mass is 10.1. The van der Waals surface area contributed by atoms with E-state index >= 15 is 0 Å². The molecule has 9 nitrogen and oxygen atoms in total. The van der Waals surface area contributed by atoms with Gasteiger partial charge in [-0.05, 0) is 38.1 Å². The molecule has 34 heavy (non-hydrogen) atoms. The number of anilines is 5. The molecule has 0 aliphatic carbocycles. The molecule has 3 aromatic rings. The zero-order chi connectivity index (χ0) is 25.0. The Morgan fingerprint density at radius 3 is 2.32 bits per heavy atom. The van der Waals surface area contributed by atoms with Crippen molar-refractivity contribution in [2.24, 2.45) is 0 Å². The van der Waals surface area contributed by atoms with Gasteiger partial charge in [-0.1, -0.05) is 23.7 Å². The van der Waals surface area contributed by atoms with Gasteiger partial charge in [0.2, 0.25) is 16.0 Å². The molecule has 0 fully saturated rings. The maximum absolute atomic E-state index is 14.6. The molecule has 1 aromatic heterocycles. The molecule has 0 bridgehead atoms. The first-order valence-corrected chi connectivity index (χ1v) is 12.1. The number of para-hydroxylation sites is 2. The van der Waals surface area contributed by atoms with Gasteiger partial charge in [-0.2, -0.15) is 4.98 Å². The highest BCUT2D eigenvalue weighted by atomic mass is 35.5. The summed E-state index contributed by atoms with van der Waals surface area (Å²) in [6.45, 7) is 3.39. The summed E-state index contributed by atoms with van der Waals surface area (Å²) < 4.78 is 54.7. The van der Waals surface area contributed by atoms with Crippen LogP contribution in [0.2, 0.25) is 5.02 Å². The number of sulfonamides is 1. The molecule has 0 aliphatic heterocycles. The summed E-state index contributed by atoms with van der Waals surface area (Å²) in [5, 5.41) is 8.02. The fraction of sp³-hybridized carbons (Fsp3) is 0.190. The van der Waals surface area contributed by atoms with Crippen LogP contribution in [0.5, 0.6) is 0 Å². The Balaban J connectivity index is 1.87. The molecule has 0 saturated heterocycles. The van der Waals surface area contributed by atoms with E-state index in [-0.39, 0.29) is 34.2 Å². The highest BCUT2D eigenvalue weighted by Crippen LogP contribution is 2.30. The molecule has 180 valence electrons. The maximum Gasteiger partial charge on any atom is 0.254 e. The quantitative estimate of drug-likeness (QED) is 0.354. The van der Waals surface area contributed by atoms with E-state index in [1.165, 1.54) is 18.3 Å². The predicted octanol–water partition coefficient (Wildman–Crippen LogP) is 4.41. The van der Waals surface area contributed by atoms with Crippen molar-refractivity contribution in [2.75, 3.05) is 21.6 Å². The second-order valence-electron chi connectivity index (χ2n) is 7.48. The van der Waals surface area contributed by atoms with Gasteiger partial charge in [-0.15, -0.1) is 0 Å². The molecule has 0 aliphatic rings. The van der Waals surface area contributed by atoms with Gasteiger partial charge in [-0.3, -0.25) is 9.52 Å². The summed E-state index contributed by atoms with van der Waals surface area (Å²) >= 11 is 6.16. The van der Waals surface area contributed by atoms with Crippen LogP contribution in [0.4, 0.5) is 37.6 Å². The van der Waals surface area contributed by atoms with E-state index in [0.29, 0.717) is 5.69 Å². The van der Waals surface area contributed by atoms with E-state index in [0.717, 1.165) is 12.3 Å². The van der Waals surface area contributed by atoms with E-state index < -0.39 is 33.1 Å². The second kappa shape index (κ2) is 10.2. The minimum atomic E-state index is -3.55. The number of carbonyl (C=O) groups is 1. The minimum Gasteiger partial charge on any atom is -0.350 e. The molecule has 0 radical (unpaired) electrons. The van der Waals surface area contributed by atoms with Crippen molar-refractivity contribution in [1.29, 1.82) is 0 Å². The molecule has 4 N–H and O–H groups in total. The van der Waals surface area contributed by atoms with Crippen LogP contribution < -0.4 is 20.7 Å². The van der Waals surface area contributed by atoms with Crippen LogP contribution in [0.1, 0.15) is 24.2 Å². The van der Waals surface area contributed by atoms with Crippen LogP contribution in [0, 0.1) is 11.6 Å². The van der Waals surface area contributed by atoms with Gasteiger partial charge in [0.25, 0.3) is 5.91 Å². The van der Waals surface area contributed by atoms with Gasteiger partial charge in [0, 0.05) is 6.04 Å². The van der Waals surface area contributed by atoms with Crippen molar-refractivity contribution in [3.8, 4) is 0 Å². The average Bonchev–Trinajstić information content (AvgIpc) is 2.73. The molecule has 0 spiro atoms. The number of halogens is 3. The van der Waals surface area contributed by atoms with Crippen molar-refractivity contribution >= 4 is 56.4 Å². The first kappa shape index (κ1) is 25.1. The molecule has 2 aromatic carbocycles. The summed E-state index contributed by atoms with van der Waals surface area (Å²) in [5.41, 5.74) is -0.146. The molecule has 0 unspecified atom stereocenters. The highest BCUT2D eigenvalue weighted by molar-refractivity contribution is 7.92. The number of nitrogens with zero attached hydrogens (tertiary/aromatic N) is 2. The van der Waals surface area contributed by atoms with Gasteiger partial charge >= 0.3 is 0 Å². The molecule has 0 saturated carbocycles. The number of aromatic nitrogens is 2. The number of hydrogen-bond donors (Lipinski definition) is 4. The minimum absolute atomic E-state index is 0.0794. The fourth-order valence-electron chi connectivity index (χ4n) is 2.81. The number of rotatable bonds is 8. The predicted molar refractivity (Wildman–Crippen MR) is 127 cm³/mol. The van der Waals surface area contributed by atoms with Gasteiger partial charge in [0.1, 0.15) is 5.02 Å². The lowest BCUT2D eigenvalue weighted by molar-refractivity contribution is 0.0938. The number of nitrogens with one attached hydrogen (secondary N) is 4. The van der Waals surface area contributed by atoms with Crippen molar-refractivity contribution in [1.82, 2.24) is 15.3 Å². The van der Waals surface area contributed by atoms with Crippen LogP contribution in [0.25, 0.3) is 0 Å². The van der Waals surface area contributed by atoms with Gasteiger partial charge < -0.3 is 16.0 Å². The maximum atomic E-state index is 14.6. The Morgan fingerprint density at radius 1 is 1.00 bits per heavy atom. The monoisotopic (exact) mass is 510 g/mol. The van der Waals surface area contributed by atoms with Gasteiger partial charge in [-0.25, -0.2) is 22.2 Å². The number of carbonyl (C=O) groups excluding carboxylic acids is 1. The van der Waals surface area contributed by atoms with Crippen molar-refractivity contribution in [2.45, 2.75) is 19.9 Å². The number of amides is 1. The van der Waals surface area contributed by atoms with E-state index in [2.05, 4.69) is 30.6 Å². The standard InChI is InChI=1S/C21H21ClF2N6O3S/c1-11(2)26-20(31)12-8-9-16(18(24)17(12)23)28-21-25-10-13(22)19(29-21)27-14-6-4-5-7-15(14)30-34(3,32)33/h4-11,30H,1-3H3,(H,26,31)(H2,25,27,28,29).